The predicted octanol–water partition coefficient (Wildman–Crippen LogP) is 3.16. The number of amides is 1. The summed E-state index contributed by atoms with van der Waals surface area (Å²) in [6, 6.07) is 14.9. The Labute approximate surface area is 202 Å². The van der Waals surface area contributed by atoms with Crippen molar-refractivity contribution in [1.82, 2.24) is 20.0 Å². The van der Waals surface area contributed by atoms with Crippen LogP contribution in [0.5, 0.6) is 0 Å². The fourth-order valence-corrected chi connectivity index (χ4v) is 4.63. The lowest BCUT2D eigenvalue weighted by molar-refractivity contribution is -0.135. The molecule has 0 aliphatic carbocycles. The lowest BCUT2D eigenvalue weighted by atomic mass is 10.0. The molecule has 2 aromatic rings. The number of benzene rings is 2. The highest BCUT2D eigenvalue weighted by Gasteiger charge is 2.30. The van der Waals surface area contributed by atoms with Crippen LogP contribution in [0.15, 0.2) is 47.5 Å². The lowest BCUT2D eigenvalue weighted by Gasteiger charge is -2.39. The molecule has 7 heteroatoms. The molecule has 2 saturated heterocycles. The van der Waals surface area contributed by atoms with E-state index in [1.54, 1.807) is 0 Å². The minimum Gasteiger partial charge on any atom is -0.352 e. The van der Waals surface area contributed by atoms with E-state index in [4.69, 9.17) is 0 Å². The molecule has 2 aliphatic rings. The van der Waals surface area contributed by atoms with Crippen molar-refractivity contribution in [1.29, 1.82) is 0 Å². The molecule has 0 saturated carbocycles. The van der Waals surface area contributed by atoms with Crippen molar-refractivity contribution >= 4 is 46.6 Å². The van der Waals surface area contributed by atoms with Crippen LogP contribution in [0.2, 0.25) is 0 Å². The van der Waals surface area contributed by atoms with Gasteiger partial charge in [0.15, 0.2) is 5.96 Å². The highest BCUT2D eigenvalue weighted by atomic mass is 127. The second kappa shape index (κ2) is 11.1. The van der Waals surface area contributed by atoms with E-state index in [1.165, 1.54) is 16.3 Å². The Balaban J connectivity index is 0.00000272. The van der Waals surface area contributed by atoms with Gasteiger partial charge in [0.25, 0.3) is 0 Å². The Morgan fingerprint density at radius 2 is 1.65 bits per heavy atom. The molecule has 6 nitrogen and oxygen atoms in total. The molecule has 0 radical (unpaired) electrons. The summed E-state index contributed by atoms with van der Waals surface area (Å²) in [4.78, 5) is 23.9. The van der Waals surface area contributed by atoms with Gasteiger partial charge in [0, 0.05) is 52.9 Å². The fraction of sp³-hybridized carbons (Fsp3) is 0.500. The molecule has 1 amide bonds. The number of nitrogens with zero attached hydrogens (tertiary/aromatic N) is 4. The van der Waals surface area contributed by atoms with E-state index in [9.17, 15) is 4.79 Å². The maximum absolute atomic E-state index is 12.7. The molecule has 168 valence electrons. The molecule has 1 unspecified atom stereocenters. The van der Waals surface area contributed by atoms with Crippen LogP contribution in [-0.2, 0) is 11.3 Å². The molecule has 4 rings (SSSR count). The van der Waals surface area contributed by atoms with E-state index in [2.05, 4.69) is 69.5 Å². The third-order valence-corrected chi connectivity index (χ3v) is 6.47. The van der Waals surface area contributed by atoms with Crippen LogP contribution >= 0.6 is 24.0 Å². The summed E-state index contributed by atoms with van der Waals surface area (Å²) < 4.78 is 0. The Hall–Kier alpha value is -1.87. The number of hydrogen-bond donors (Lipinski definition) is 1. The summed E-state index contributed by atoms with van der Waals surface area (Å²) in [5.74, 6) is 1.22. The second-order valence-corrected chi connectivity index (χ2v) is 8.27. The van der Waals surface area contributed by atoms with E-state index < -0.39 is 0 Å². The van der Waals surface area contributed by atoms with Crippen LogP contribution in [-0.4, -0.2) is 78.9 Å². The summed E-state index contributed by atoms with van der Waals surface area (Å²) >= 11 is 0. The van der Waals surface area contributed by atoms with Gasteiger partial charge in [0.1, 0.15) is 0 Å². The summed E-state index contributed by atoms with van der Waals surface area (Å²) in [6.07, 6.45) is 2.29. The van der Waals surface area contributed by atoms with Crippen LogP contribution in [0, 0.1) is 0 Å². The normalized spacial score (nSPS) is 18.7. The predicted molar refractivity (Wildman–Crippen MR) is 138 cm³/mol. The molecule has 1 atom stereocenters. The van der Waals surface area contributed by atoms with Gasteiger partial charge >= 0.3 is 0 Å². The molecule has 2 heterocycles. The Morgan fingerprint density at radius 3 is 2.35 bits per heavy atom. The molecule has 0 bridgehead atoms. The maximum Gasteiger partial charge on any atom is 0.239 e. The summed E-state index contributed by atoms with van der Waals surface area (Å²) in [5, 5.41) is 6.08. The van der Waals surface area contributed by atoms with Gasteiger partial charge in [-0.05, 0) is 36.1 Å². The van der Waals surface area contributed by atoms with Crippen LogP contribution < -0.4 is 5.32 Å². The summed E-state index contributed by atoms with van der Waals surface area (Å²) in [5.41, 5.74) is 1.28. The van der Waals surface area contributed by atoms with E-state index in [-0.39, 0.29) is 30.0 Å². The largest absolute Gasteiger partial charge is 0.352 e. The van der Waals surface area contributed by atoms with Gasteiger partial charge in [-0.15, -0.1) is 24.0 Å². The number of guanidine groups is 1. The fourth-order valence-electron chi connectivity index (χ4n) is 4.63. The van der Waals surface area contributed by atoms with Gasteiger partial charge in [-0.1, -0.05) is 42.5 Å². The minimum atomic E-state index is -0.0316. The first kappa shape index (κ1) is 23.8. The molecule has 2 fully saturated rings. The number of nitrogens with one attached hydrogen (secondary N) is 1. The Bertz CT molecular complexity index is 898. The molecule has 0 aromatic heterocycles. The van der Waals surface area contributed by atoms with Crippen molar-refractivity contribution in [2.45, 2.75) is 32.4 Å². The number of carbonyl (C=O) groups excluding carboxylic acids is 1. The highest BCUT2D eigenvalue weighted by Crippen LogP contribution is 2.18. The van der Waals surface area contributed by atoms with Gasteiger partial charge in [-0.25, -0.2) is 0 Å². The topological polar surface area (TPSA) is 51.2 Å². The third-order valence-electron chi connectivity index (χ3n) is 6.47. The van der Waals surface area contributed by atoms with Crippen molar-refractivity contribution in [2.75, 3.05) is 46.3 Å². The first-order chi connectivity index (χ1) is 14.7. The quantitative estimate of drug-likeness (QED) is 0.372. The van der Waals surface area contributed by atoms with Gasteiger partial charge in [0.2, 0.25) is 5.91 Å². The molecule has 1 N–H and O–H groups in total. The number of hydrogen-bond acceptors (Lipinski definition) is 3. The van der Waals surface area contributed by atoms with Crippen LogP contribution in [0.4, 0.5) is 0 Å². The highest BCUT2D eigenvalue weighted by molar-refractivity contribution is 14.0. The smallest absolute Gasteiger partial charge is 0.239 e. The van der Waals surface area contributed by atoms with E-state index in [0.29, 0.717) is 5.91 Å². The monoisotopic (exact) mass is 535 g/mol. The number of piperazine rings is 1. The minimum absolute atomic E-state index is 0. The summed E-state index contributed by atoms with van der Waals surface area (Å²) in [7, 11) is 1.84. The van der Waals surface area contributed by atoms with Crippen LogP contribution in [0.1, 0.15) is 25.3 Å². The molecule has 31 heavy (non-hydrogen) atoms. The number of fused-ring (bicyclic) bond motifs is 1. The molecule has 2 aromatic carbocycles. The van der Waals surface area contributed by atoms with Gasteiger partial charge < -0.3 is 15.1 Å². The van der Waals surface area contributed by atoms with Crippen molar-refractivity contribution in [3.8, 4) is 0 Å². The van der Waals surface area contributed by atoms with Crippen molar-refractivity contribution in [3.63, 3.8) is 0 Å². The van der Waals surface area contributed by atoms with Gasteiger partial charge in [0.05, 0.1) is 6.04 Å². The van der Waals surface area contributed by atoms with Crippen LogP contribution in [0.25, 0.3) is 10.8 Å². The number of aliphatic imine (C=N–C) groups is 1. The van der Waals surface area contributed by atoms with Crippen molar-refractivity contribution in [3.05, 3.63) is 48.0 Å². The Morgan fingerprint density at radius 1 is 0.968 bits per heavy atom. The van der Waals surface area contributed by atoms with Gasteiger partial charge in [-0.3, -0.25) is 14.7 Å². The maximum atomic E-state index is 12.7. The number of halogens is 1. The molecular weight excluding hydrogens is 501 g/mol. The first-order valence-corrected chi connectivity index (χ1v) is 11.1. The lowest BCUT2D eigenvalue weighted by Crippen LogP contribution is -2.57. The van der Waals surface area contributed by atoms with Crippen molar-refractivity contribution < 1.29 is 4.79 Å². The van der Waals surface area contributed by atoms with E-state index in [0.717, 1.165) is 64.6 Å². The zero-order chi connectivity index (χ0) is 20.9. The second-order valence-electron chi connectivity index (χ2n) is 8.27. The zero-order valence-electron chi connectivity index (χ0n) is 18.6. The third kappa shape index (κ3) is 5.49. The van der Waals surface area contributed by atoms with Crippen molar-refractivity contribution in [2.24, 2.45) is 4.99 Å². The zero-order valence-corrected chi connectivity index (χ0v) is 20.9. The van der Waals surface area contributed by atoms with Crippen LogP contribution in [0.3, 0.4) is 0 Å². The average Bonchev–Trinajstić information content (AvgIpc) is 3.34. The molecular formula is C24H34IN5O. The molecule has 0 spiro atoms. The van der Waals surface area contributed by atoms with E-state index >= 15 is 0 Å². The Kier molecular flexibility index (Phi) is 8.54. The SMILES string of the molecule is CN=C(NCc1cccc2ccccc12)N1CCN(C(C)C(=O)N2CCCC2)CC1.I. The number of likely N-dealkylation sites (tertiary alicyclic amines) is 1. The first-order valence-electron chi connectivity index (χ1n) is 11.1. The summed E-state index contributed by atoms with van der Waals surface area (Å²) in [6.45, 7) is 8.19. The molecule has 2 aliphatic heterocycles. The number of carbonyl (C=O) groups is 1. The average molecular weight is 535 g/mol. The van der Waals surface area contributed by atoms with E-state index in [1.807, 2.05) is 11.9 Å². The standard InChI is InChI=1S/C24H33N5O.HI/c1-19(23(30)28-12-5-6-13-28)27-14-16-29(17-15-27)24(25-2)26-18-21-10-7-9-20-8-3-4-11-22(20)21;/h3-4,7-11,19H,5-6,12-18H2,1-2H3,(H,25,26);1H. The van der Waals surface area contributed by atoms with Gasteiger partial charge in [-0.2, -0.15) is 0 Å². The number of rotatable bonds is 4.